The first-order valence-electron chi connectivity index (χ1n) is 5.58. The fourth-order valence-corrected chi connectivity index (χ4v) is 2.35. The van der Waals surface area contributed by atoms with Gasteiger partial charge in [-0.2, -0.15) is 0 Å². The van der Waals surface area contributed by atoms with Crippen LogP contribution in [0, 0.1) is 11.7 Å². The summed E-state index contributed by atoms with van der Waals surface area (Å²) < 4.78 is 14.0. The van der Waals surface area contributed by atoms with Gasteiger partial charge >= 0.3 is 0 Å². The quantitative estimate of drug-likeness (QED) is 0.887. The molecule has 1 aromatic carbocycles. The van der Waals surface area contributed by atoms with Crippen molar-refractivity contribution in [1.29, 1.82) is 0 Å². The molecule has 0 spiro atoms. The maximum atomic E-state index is 13.5. The van der Waals surface area contributed by atoms with Gasteiger partial charge in [0.05, 0.1) is 5.56 Å². The van der Waals surface area contributed by atoms with Crippen molar-refractivity contribution in [1.82, 2.24) is 5.32 Å². The molecule has 1 aromatic rings. The summed E-state index contributed by atoms with van der Waals surface area (Å²) >= 11 is 3.18. The van der Waals surface area contributed by atoms with E-state index in [4.69, 9.17) is 5.73 Å². The van der Waals surface area contributed by atoms with E-state index in [1.54, 1.807) is 12.1 Å². The maximum absolute atomic E-state index is 13.5. The van der Waals surface area contributed by atoms with Crippen LogP contribution in [-0.4, -0.2) is 18.5 Å². The van der Waals surface area contributed by atoms with E-state index in [-0.39, 0.29) is 24.0 Å². The standard InChI is InChI=1S/C12H14BrFN2O.ClH/c13-8-2-1-3-9(14)11(8)12(17)16-10(6-15)7-4-5-7;/h1-3,7,10H,4-6,15H2,(H,16,17);1H. The summed E-state index contributed by atoms with van der Waals surface area (Å²) in [5, 5.41) is 2.79. The Morgan fingerprint density at radius 2 is 2.22 bits per heavy atom. The molecule has 1 aliphatic rings. The van der Waals surface area contributed by atoms with Gasteiger partial charge in [-0.25, -0.2) is 4.39 Å². The summed E-state index contributed by atoms with van der Waals surface area (Å²) in [7, 11) is 0. The van der Waals surface area contributed by atoms with Crippen LogP contribution in [0.3, 0.4) is 0 Å². The van der Waals surface area contributed by atoms with Crippen molar-refractivity contribution in [3.05, 3.63) is 34.1 Å². The minimum Gasteiger partial charge on any atom is -0.348 e. The topological polar surface area (TPSA) is 55.1 Å². The average molecular weight is 338 g/mol. The number of nitrogens with one attached hydrogen (secondary N) is 1. The van der Waals surface area contributed by atoms with E-state index in [9.17, 15) is 9.18 Å². The minimum atomic E-state index is -0.525. The molecule has 18 heavy (non-hydrogen) atoms. The van der Waals surface area contributed by atoms with E-state index in [1.165, 1.54) is 6.07 Å². The highest BCUT2D eigenvalue weighted by molar-refractivity contribution is 9.10. The molecular formula is C12H15BrClFN2O. The van der Waals surface area contributed by atoms with Gasteiger partial charge < -0.3 is 11.1 Å². The predicted octanol–water partition coefficient (Wildman–Crippen LogP) is 2.48. The molecule has 2 rings (SSSR count). The second-order valence-electron chi connectivity index (χ2n) is 4.25. The lowest BCUT2D eigenvalue weighted by Gasteiger charge is -2.16. The monoisotopic (exact) mass is 336 g/mol. The Morgan fingerprint density at radius 3 is 2.72 bits per heavy atom. The van der Waals surface area contributed by atoms with Crippen molar-refractivity contribution in [3.63, 3.8) is 0 Å². The van der Waals surface area contributed by atoms with Crippen LogP contribution in [0.2, 0.25) is 0 Å². The van der Waals surface area contributed by atoms with Crippen molar-refractivity contribution in [3.8, 4) is 0 Å². The molecule has 1 saturated carbocycles. The Labute approximate surface area is 120 Å². The molecule has 3 nitrogen and oxygen atoms in total. The Bertz CT molecular complexity index is 420. The van der Waals surface area contributed by atoms with E-state index < -0.39 is 11.7 Å². The van der Waals surface area contributed by atoms with Crippen molar-refractivity contribution in [2.45, 2.75) is 18.9 Å². The third kappa shape index (κ3) is 3.43. The molecule has 0 radical (unpaired) electrons. The number of carbonyl (C=O) groups is 1. The predicted molar refractivity (Wildman–Crippen MR) is 74.4 cm³/mol. The molecule has 0 bridgehead atoms. The van der Waals surface area contributed by atoms with Crippen LogP contribution in [0.25, 0.3) is 0 Å². The van der Waals surface area contributed by atoms with Crippen molar-refractivity contribution >= 4 is 34.2 Å². The molecule has 3 N–H and O–H groups in total. The molecule has 1 aliphatic carbocycles. The van der Waals surface area contributed by atoms with E-state index >= 15 is 0 Å². The highest BCUT2D eigenvalue weighted by Gasteiger charge is 2.32. The Morgan fingerprint density at radius 1 is 1.56 bits per heavy atom. The van der Waals surface area contributed by atoms with Crippen LogP contribution in [0.1, 0.15) is 23.2 Å². The van der Waals surface area contributed by atoms with E-state index in [2.05, 4.69) is 21.2 Å². The number of amides is 1. The van der Waals surface area contributed by atoms with Gasteiger partial charge in [0.15, 0.2) is 0 Å². The molecule has 1 amide bonds. The van der Waals surface area contributed by atoms with Gasteiger partial charge in [-0.3, -0.25) is 4.79 Å². The molecular weight excluding hydrogens is 323 g/mol. The van der Waals surface area contributed by atoms with Crippen LogP contribution in [0.4, 0.5) is 4.39 Å². The Kier molecular flexibility index (Phi) is 5.56. The van der Waals surface area contributed by atoms with E-state index in [0.717, 1.165) is 12.8 Å². The number of halogens is 3. The number of carbonyl (C=O) groups excluding carboxylic acids is 1. The van der Waals surface area contributed by atoms with Gasteiger partial charge in [0, 0.05) is 17.1 Å². The lowest BCUT2D eigenvalue weighted by atomic mass is 10.1. The van der Waals surface area contributed by atoms with Crippen LogP contribution in [-0.2, 0) is 0 Å². The molecule has 1 unspecified atom stereocenters. The Hall–Kier alpha value is -0.650. The van der Waals surface area contributed by atoms with E-state index in [0.29, 0.717) is 16.9 Å². The fourth-order valence-electron chi connectivity index (χ4n) is 1.82. The van der Waals surface area contributed by atoms with Crippen molar-refractivity contribution in [2.24, 2.45) is 11.7 Å². The molecule has 100 valence electrons. The second-order valence-corrected chi connectivity index (χ2v) is 5.10. The SMILES string of the molecule is Cl.NCC(NC(=O)c1c(F)cccc1Br)C1CC1. The highest BCUT2D eigenvalue weighted by atomic mass is 79.9. The zero-order chi connectivity index (χ0) is 12.4. The van der Waals surface area contributed by atoms with E-state index in [1.807, 2.05) is 0 Å². The summed E-state index contributed by atoms with van der Waals surface area (Å²) in [5.41, 5.74) is 5.64. The largest absolute Gasteiger partial charge is 0.348 e. The maximum Gasteiger partial charge on any atom is 0.255 e. The Balaban J connectivity index is 0.00000162. The fraction of sp³-hybridized carbons (Fsp3) is 0.417. The number of rotatable bonds is 4. The minimum absolute atomic E-state index is 0. The number of benzene rings is 1. The van der Waals surface area contributed by atoms with Gasteiger partial charge in [-0.15, -0.1) is 12.4 Å². The summed E-state index contributed by atoms with van der Waals surface area (Å²) in [5.74, 6) is -0.477. The number of nitrogens with two attached hydrogens (primary N) is 1. The highest BCUT2D eigenvalue weighted by Crippen LogP contribution is 2.32. The van der Waals surface area contributed by atoms with Gasteiger partial charge in [-0.1, -0.05) is 6.07 Å². The molecule has 1 fully saturated rings. The molecule has 1 atom stereocenters. The first kappa shape index (κ1) is 15.4. The first-order valence-corrected chi connectivity index (χ1v) is 6.37. The van der Waals surface area contributed by atoms with Crippen LogP contribution < -0.4 is 11.1 Å². The second kappa shape index (κ2) is 6.50. The summed E-state index contributed by atoms with van der Waals surface area (Å²) in [6.07, 6.45) is 2.17. The van der Waals surface area contributed by atoms with Gasteiger partial charge in [0.25, 0.3) is 5.91 Å². The molecule has 6 heteroatoms. The number of hydrogen-bond donors (Lipinski definition) is 2. The third-order valence-electron chi connectivity index (χ3n) is 2.95. The van der Waals surface area contributed by atoms with Crippen LogP contribution >= 0.6 is 28.3 Å². The summed E-state index contributed by atoms with van der Waals surface area (Å²) in [6, 6.07) is 4.42. The summed E-state index contributed by atoms with van der Waals surface area (Å²) in [4.78, 5) is 12.0. The van der Waals surface area contributed by atoms with Gasteiger partial charge in [0.1, 0.15) is 5.82 Å². The van der Waals surface area contributed by atoms with Crippen molar-refractivity contribution < 1.29 is 9.18 Å². The summed E-state index contributed by atoms with van der Waals surface area (Å²) in [6.45, 7) is 0.391. The van der Waals surface area contributed by atoms with Crippen LogP contribution in [0.5, 0.6) is 0 Å². The average Bonchev–Trinajstić information content (AvgIpc) is 3.09. The smallest absolute Gasteiger partial charge is 0.255 e. The molecule has 0 aliphatic heterocycles. The zero-order valence-electron chi connectivity index (χ0n) is 9.66. The first-order chi connectivity index (χ1) is 8.13. The van der Waals surface area contributed by atoms with Crippen LogP contribution in [0.15, 0.2) is 22.7 Å². The van der Waals surface area contributed by atoms with Gasteiger partial charge in [-0.05, 0) is 46.8 Å². The van der Waals surface area contributed by atoms with Gasteiger partial charge in [0.2, 0.25) is 0 Å². The molecule has 0 heterocycles. The number of hydrogen-bond acceptors (Lipinski definition) is 2. The lowest BCUT2D eigenvalue weighted by molar-refractivity contribution is 0.0928. The molecule has 0 aromatic heterocycles. The third-order valence-corrected chi connectivity index (χ3v) is 3.61. The molecule has 0 saturated heterocycles. The zero-order valence-corrected chi connectivity index (χ0v) is 12.1. The lowest BCUT2D eigenvalue weighted by Crippen LogP contribution is -2.42. The van der Waals surface area contributed by atoms with Crippen molar-refractivity contribution in [2.75, 3.05) is 6.54 Å². The normalized spacial score (nSPS) is 15.7.